The molecule has 4 rings (SSSR count). The zero-order valence-electron chi connectivity index (χ0n) is 12.3. The average molecular weight is 283 g/mol. The number of benzene rings is 1. The number of fused-ring (bicyclic) bond motifs is 4. The van der Waals surface area contributed by atoms with E-state index < -0.39 is 0 Å². The van der Waals surface area contributed by atoms with Gasteiger partial charge in [0.2, 0.25) is 0 Å². The Morgan fingerprint density at radius 2 is 2.05 bits per heavy atom. The molecule has 21 heavy (non-hydrogen) atoms. The van der Waals surface area contributed by atoms with Crippen molar-refractivity contribution in [3.05, 3.63) is 29.6 Å². The number of aromatic nitrogens is 2. The molecule has 110 valence electrons. The maximum atomic E-state index is 10.9. The molecule has 4 nitrogen and oxygen atoms in total. The highest BCUT2D eigenvalue weighted by molar-refractivity contribution is 5.85. The summed E-state index contributed by atoms with van der Waals surface area (Å²) >= 11 is 0. The maximum absolute atomic E-state index is 10.9. The molecule has 2 aliphatic rings. The molecule has 1 unspecified atom stereocenters. The normalized spacial score (nSPS) is 23.1. The van der Waals surface area contributed by atoms with E-state index in [-0.39, 0.29) is 0 Å². The number of carbonyl (C=O) groups is 1. The lowest BCUT2D eigenvalue weighted by atomic mass is 9.98. The quantitative estimate of drug-likeness (QED) is 0.755. The molecule has 0 bridgehead atoms. The molecule has 0 spiro atoms. The third-order valence-corrected chi connectivity index (χ3v) is 4.98. The van der Waals surface area contributed by atoms with Crippen LogP contribution >= 0.6 is 0 Å². The van der Waals surface area contributed by atoms with E-state index in [1.54, 1.807) is 0 Å². The van der Waals surface area contributed by atoms with Gasteiger partial charge in [0.15, 0.2) is 0 Å². The summed E-state index contributed by atoms with van der Waals surface area (Å²) in [5, 5.41) is 0. The van der Waals surface area contributed by atoms with Gasteiger partial charge in [-0.15, -0.1) is 0 Å². The highest BCUT2D eigenvalue weighted by Crippen LogP contribution is 2.26. The summed E-state index contributed by atoms with van der Waals surface area (Å²) in [5.74, 6) is 1.20. The van der Waals surface area contributed by atoms with Crippen molar-refractivity contribution < 1.29 is 4.79 Å². The average Bonchev–Trinajstić information content (AvgIpc) is 2.82. The van der Waals surface area contributed by atoms with Crippen LogP contribution in [0.15, 0.2) is 18.2 Å². The van der Waals surface area contributed by atoms with Crippen molar-refractivity contribution in [2.75, 3.05) is 13.1 Å². The number of nitrogens with zero attached hydrogens (tertiary/aromatic N) is 3. The van der Waals surface area contributed by atoms with Gasteiger partial charge in [-0.25, -0.2) is 4.98 Å². The first-order valence-corrected chi connectivity index (χ1v) is 8.03. The van der Waals surface area contributed by atoms with Crippen molar-refractivity contribution in [3.8, 4) is 0 Å². The standard InChI is InChI=1S/C17H21N3O/c21-12-13-5-6-16-15(10-13)18-17-11-14-4-1-2-7-19(14)8-3-9-20(16)17/h5-6,10,12,14H,1-4,7-9,11H2. The summed E-state index contributed by atoms with van der Waals surface area (Å²) in [6, 6.07) is 6.52. The molecule has 0 saturated carbocycles. The van der Waals surface area contributed by atoms with E-state index in [0.29, 0.717) is 11.6 Å². The predicted molar refractivity (Wildman–Crippen MR) is 82.7 cm³/mol. The van der Waals surface area contributed by atoms with Crippen molar-refractivity contribution in [2.24, 2.45) is 0 Å². The monoisotopic (exact) mass is 283 g/mol. The van der Waals surface area contributed by atoms with Crippen molar-refractivity contribution in [2.45, 2.75) is 44.7 Å². The highest BCUT2D eigenvalue weighted by atomic mass is 16.1. The number of imidazole rings is 1. The Kier molecular flexibility index (Phi) is 3.26. The molecule has 1 saturated heterocycles. The van der Waals surface area contributed by atoms with Crippen molar-refractivity contribution in [1.29, 1.82) is 0 Å². The van der Waals surface area contributed by atoms with E-state index >= 15 is 0 Å². The van der Waals surface area contributed by atoms with Gasteiger partial charge in [0.1, 0.15) is 12.1 Å². The summed E-state index contributed by atoms with van der Waals surface area (Å²) in [5.41, 5.74) is 2.87. The van der Waals surface area contributed by atoms with Gasteiger partial charge in [-0.2, -0.15) is 0 Å². The van der Waals surface area contributed by atoms with Crippen LogP contribution in [-0.2, 0) is 13.0 Å². The number of aldehydes is 1. The predicted octanol–water partition coefficient (Wildman–Crippen LogP) is 2.65. The molecule has 1 aromatic carbocycles. The van der Waals surface area contributed by atoms with E-state index in [1.165, 1.54) is 50.1 Å². The van der Waals surface area contributed by atoms with Crippen molar-refractivity contribution in [3.63, 3.8) is 0 Å². The van der Waals surface area contributed by atoms with E-state index in [0.717, 1.165) is 24.8 Å². The Morgan fingerprint density at radius 3 is 2.95 bits per heavy atom. The summed E-state index contributed by atoms with van der Waals surface area (Å²) in [4.78, 5) is 18.4. The largest absolute Gasteiger partial charge is 0.328 e. The van der Waals surface area contributed by atoms with E-state index in [9.17, 15) is 4.79 Å². The van der Waals surface area contributed by atoms with Gasteiger partial charge in [0.05, 0.1) is 11.0 Å². The number of hydrogen-bond donors (Lipinski definition) is 0. The van der Waals surface area contributed by atoms with Crippen molar-refractivity contribution >= 4 is 17.3 Å². The maximum Gasteiger partial charge on any atom is 0.150 e. The summed E-state index contributed by atoms with van der Waals surface area (Å²) in [7, 11) is 0. The minimum Gasteiger partial charge on any atom is -0.328 e. The Hall–Kier alpha value is -1.68. The van der Waals surface area contributed by atoms with Crippen LogP contribution in [0, 0.1) is 0 Å². The van der Waals surface area contributed by atoms with E-state index in [4.69, 9.17) is 4.98 Å². The molecule has 0 radical (unpaired) electrons. The number of carbonyl (C=O) groups excluding carboxylic acids is 1. The zero-order chi connectivity index (χ0) is 14.2. The fraction of sp³-hybridized carbons (Fsp3) is 0.529. The molecule has 1 atom stereocenters. The van der Waals surface area contributed by atoms with Crippen LogP contribution in [0.3, 0.4) is 0 Å². The van der Waals surface area contributed by atoms with Gasteiger partial charge in [0.25, 0.3) is 0 Å². The first-order valence-electron chi connectivity index (χ1n) is 8.03. The minimum absolute atomic E-state index is 0.653. The van der Waals surface area contributed by atoms with Crippen LogP contribution < -0.4 is 0 Å². The first kappa shape index (κ1) is 13.0. The number of rotatable bonds is 1. The Balaban J connectivity index is 1.76. The lowest BCUT2D eigenvalue weighted by Gasteiger charge is -2.37. The molecule has 3 heterocycles. The minimum atomic E-state index is 0.653. The summed E-state index contributed by atoms with van der Waals surface area (Å²) in [6.45, 7) is 3.49. The second-order valence-corrected chi connectivity index (χ2v) is 6.29. The van der Waals surface area contributed by atoms with Gasteiger partial charge in [-0.3, -0.25) is 9.69 Å². The van der Waals surface area contributed by atoms with Crippen LogP contribution in [0.5, 0.6) is 0 Å². The van der Waals surface area contributed by atoms with Gasteiger partial charge in [-0.1, -0.05) is 6.42 Å². The molecule has 0 amide bonds. The summed E-state index contributed by atoms with van der Waals surface area (Å²) < 4.78 is 2.37. The molecule has 1 fully saturated rings. The number of aryl methyl sites for hydroxylation is 1. The molecular weight excluding hydrogens is 262 g/mol. The highest BCUT2D eigenvalue weighted by Gasteiger charge is 2.26. The smallest absolute Gasteiger partial charge is 0.150 e. The second kappa shape index (κ2) is 5.26. The van der Waals surface area contributed by atoms with Crippen LogP contribution in [0.25, 0.3) is 11.0 Å². The topological polar surface area (TPSA) is 38.1 Å². The van der Waals surface area contributed by atoms with Crippen LogP contribution in [0.1, 0.15) is 41.9 Å². The fourth-order valence-electron chi connectivity index (χ4n) is 3.90. The van der Waals surface area contributed by atoms with E-state index in [1.807, 2.05) is 12.1 Å². The zero-order valence-corrected chi connectivity index (χ0v) is 12.3. The van der Waals surface area contributed by atoms with Gasteiger partial charge in [0, 0.05) is 31.1 Å². The number of piperidine rings is 1. The summed E-state index contributed by atoms with van der Waals surface area (Å²) in [6.07, 6.45) is 7.11. The van der Waals surface area contributed by atoms with Gasteiger partial charge >= 0.3 is 0 Å². The molecular formula is C17H21N3O. The van der Waals surface area contributed by atoms with Crippen LogP contribution in [0.4, 0.5) is 0 Å². The van der Waals surface area contributed by atoms with Crippen LogP contribution in [0.2, 0.25) is 0 Å². The molecule has 0 N–H and O–H groups in total. The lowest BCUT2D eigenvalue weighted by molar-refractivity contribution is 0.112. The van der Waals surface area contributed by atoms with Crippen molar-refractivity contribution in [1.82, 2.24) is 14.5 Å². The Morgan fingerprint density at radius 1 is 1.14 bits per heavy atom. The van der Waals surface area contributed by atoms with Gasteiger partial charge in [-0.05, 0) is 44.0 Å². The third kappa shape index (κ3) is 2.27. The second-order valence-electron chi connectivity index (χ2n) is 6.29. The third-order valence-electron chi connectivity index (χ3n) is 4.98. The first-order chi connectivity index (χ1) is 10.3. The van der Waals surface area contributed by atoms with E-state index in [2.05, 4.69) is 15.5 Å². The molecule has 1 aromatic heterocycles. The molecule has 0 aliphatic carbocycles. The lowest BCUT2D eigenvalue weighted by Crippen LogP contribution is -2.43. The SMILES string of the molecule is O=Cc1ccc2c(c1)nc1n2CCCN2CCCCC2C1. The Bertz CT molecular complexity index is 676. The molecule has 2 aliphatic heterocycles. The fourth-order valence-corrected chi connectivity index (χ4v) is 3.90. The molecule has 4 heteroatoms. The Labute approximate surface area is 124 Å². The van der Waals surface area contributed by atoms with Crippen LogP contribution in [-0.4, -0.2) is 39.9 Å². The number of hydrogen-bond acceptors (Lipinski definition) is 3. The van der Waals surface area contributed by atoms with Gasteiger partial charge < -0.3 is 4.57 Å². The molecule has 2 aromatic rings.